The maximum absolute atomic E-state index is 11.1. The van der Waals surface area contributed by atoms with E-state index in [1.54, 1.807) is 6.92 Å². The number of thioether (sulfide) groups is 1. The highest BCUT2D eigenvalue weighted by Crippen LogP contribution is 2.15. The predicted molar refractivity (Wildman–Crippen MR) is 49.8 cm³/mol. The highest BCUT2D eigenvalue weighted by Gasteiger charge is 2.15. The Labute approximate surface area is 85.2 Å². The van der Waals surface area contributed by atoms with Crippen LogP contribution < -0.4 is 0 Å². The fraction of sp³-hybridized carbons (Fsp3) is 0.375. The summed E-state index contributed by atoms with van der Waals surface area (Å²) >= 11 is 1.19. The average Bonchev–Trinajstić information content (AvgIpc) is 2.63. The summed E-state index contributed by atoms with van der Waals surface area (Å²) in [6, 6.07) is 0. The van der Waals surface area contributed by atoms with Crippen molar-refractivity contribution in [2.75, 3.05) is 12.4 Å². The lowest BCUT2D eigenvalue weighted by atomic mass is 10.7. The molecule has 0 spiro atoms. The Hall–Kier alpha value is -1.48. The Morgan fingerprint density at radius 1 is 1.71 bits per heavy atom. The first kappa shape index (κ1) is 10.6. The van der Waals surface area contributed by atoms with Crippen molar-refractivity contribution in [3.05, 3.63) is 5.89 Å². The fourth-order valence-corrected chi connectivity index (χ4v) is 1.09. The van der Waals surface area contributed by atoms with E-state index in [0.29, 0.717) is 5.75 Å². The number of nitrogens with zero attached hydrogens (tertiary/aromatic N) is 2. The standard InChI is InChI=1S/C8H8N2O3S/c1-3-5-14-8-10-9-6(13-8)7(11)12-4-2/h1H,4-5H2,2H3. The van der Waals surface area contributed by atoms with Crippen molar-refractivity contribution in [2.45, 2.75) is 12.1 Å². The van der Waals surface area contributed by atoms with E-state index < -0.39 is 5.97 Å². The van der Waals surface area contributed by atoms with E-state index in [1.165, 1.54) is 11.8 Å². The second-order valence-corrected chi connectivity index (χ2v) is 3.01. The molecule has 6 heteroatoms. The van der Waals surface area contributed by atoms with E-state index >= 15 is 0 Å². The highest BCUT2D eigenvalue weighted by atomic mass is 32.2. The summed E-state index contributed by atoms with van der Waals surface area (Å²) in [6.45, 7) is 1.97. The highest BCUT2D eigenvalue weighted by molar-refractivity contribution is 7.99. The molecule has 0 atom stereocenters. The summed E-state index contributed by atoms with van der Waals surface area (Å²) in [7, 11) is 0. The molecule has 0 unspecified atom stereocenters. The Balaban J connectivity index is 2.59. The average molecular weight is 212 g/mol. The van der Waals surface area contributed by atoms with Crippen LogP contribution in [-0.2, 0) is 4.74 Å². The molecule has 0 aliphatic heterocycles. The van der Waals surface area contributed by atoms with Gasteiger partial charge in [-0.3, -0.25) is 0 Å². The normalized spacial score (nSPS) is 9.43. The SMILES string of the molecule is C#CCSc1nnc(C(=O)OCC)o1. The van der Waals surface area contributed by atoms with Crippen molar-refractivity contribution < 1.29 is 13.9 Å². The summed E-state index contributed by atoms with van der Waals surface area (Å²) in [6.07, 6.45) is 5.04. The van der Waals surface area contributed by atoms with E-state index in [0.717, 1.165) is 0 Å². The first-order chi connectivity index (χ1) is 6.77. The van der Waals surface area contributed by atoms with E-state index in [9.17, 15) is 4.79 Å². The van der Waals surface area contributed by atoms with Crippen molar-refractivity contribution in [3.63, 3.8) is 0 Å². The number of rotatable bonds is 4. The quantitative estimate of drug-likeness (QED) is 0.421. The molecule has 0 saturated carbocycles. The summed E-state index contributed by atoms with van der Waals surface area (Å²) < 4.78 is 9.63. The van der Waals surface area contributed by atoms with Gasteiger partial charge in [0, 0.05) is 0 Å². The van der Waals surface area contributed by atoms with Crippen LogP contribution in [0.1, 0.15) is 17.6 Å². The molecule has 0 aromatic carbocycles. The minimum absolute atomic E-state index is 0.147. The second-order valence-electron chi connectivity index (χ2n) is 2.09. The minimum Gasteiger partial charge on any atom is -0.459 e. The number of esters is 1. The van der Waals surface area contributed by atoms with Gasteiger partial charge in [0.1, 0.15) is 0 Å². The first-order valence-corrected chi connectivity index (χ1v) is 4.83. The molecule has 0 N–H and O–H groups in total. The first-order valence-electron chi connectivity index (χ1n) is 3.84. The van der Waals surface area contributed by atoms with Gasteiger partial charge >= 0.3 is 11.9 Å². The molecular weight excluding hydrogens is 204 g/mol. The molecule has 1 rings (SSSR count). The van der Waals surface area contributed by atoms with Gasteiger partial charge in [0.25, 0.3) is 5.22 Å². The van der Waals surface area contributed by atoms with Gasteiger partial charge in [-0.2, -0.15) is 0 Å². The van der Waals surface area contributed by atoms with Crippen LogP contribution in [0.4, 0.5) is 0 Å². The predicted octanol–water partition coefficient (Wildman–Crippen LogP) is 0.972. The van der Waals surface area contributed by atoms with Gasteiger partial charge in [-0.05, 0) is 6.92 Å². The molecule has 0 bridgehead atoms. The number of carbonyl (C=O) groups excluding carboxylic acids is 1. The number of terminal acetylenes is 1. The monoisotopic (exact) mass is 212 g/mol. The van der Waals surface area contributed by atoms with Gasteiger partial charge < -0.3 is 9.15 Å². The maximum Gasteiger partial charge on any atom is 0.396 e. The van der Waals surface area contributed by atoms with Crippen molar-refractivity contribution in [1.82, 2.24) is 10.2 Å². The molecule has 14 heavy (non-hydrogen) atoms. The number of carbonyl (C=O) groups is 1. The maximum atomic E-state index is 11.1. The van der Waals surface area contributed by atoms with E-state index in [2.05, 4.69) is 20.9 Å². The third-order valence-electron chi connectivity index (χ3n) is 1.14. The third-order valence-corrected chi connectivity index (χ3v) is 1.86. The molecule has 0 aliphatic carbocycles. The van der Waals surface area contributed by atoms with Gasteiger partial charge in [-0.15, -0.1) is 11.5 Å². The van der Waals surface area contributed by atoms with E-state index in [4.69, 9.17) is 10.8 Å². The molecule has 0 amide bonds. The van der Waals surface area contributed by atoms with E-state index in [-0.39, 0.29) is 17.7 Å². The lowest BCUT2D eigenvalue weighted by molar-refractivity contribution is 0.0475. The van der Waals surface area contributed by atoms with Crippen LogP contribution >= 0.6 is 11.8 Å². The minimum atomic E-state index is -0.618. The number of aromatic nitrogens is 2. The van der Waals surface area contributed by atoms with Crippen LogP contribution in [-0.4, -0.2) is 28.5 Å². The molecular formula is C8H8N2O3S. The molecule has 0 fully saturated rings. The third kappa shape index (κ3) is 2.78. The molecule has 1 heterocycles. The lowest BCUT2D eigenvalue weighted by Gasteiger charge is -1.93. The van der Waals surface area contributed by atoms with Gasteiger partial charge in [-0.25, -0.2) is 4.79 Å². The Kier molecular flexibility index (Phi) is 4.01. The number of ether oxygens (including phenoxy) is 1. The smallest absolute Gasteiger partial charge is 0.396 e. The fourth-order valence-electron chi connectivity index (χ4n) is 0.647. The Morgan fingerprint density at radius 2 is 2.50 bits per heavy atom. The zero-order chi connectivity index (χ0) is 10.4. The van der Waals surface area contributed by atoms with Crippen LogP contribution in [0.15, 0.2) is 9.64 Å². The zero-order valence-electron chi connectivity index (χ0n) is 7.52. The van der Waals surface area contributed by atoms with Gasteiger partial charge in [0.2, 0.25) is 0 Å². The Bertz CT molecular complexity index is 356. The van der Waals surface area contributed by atoms with Gasteiger partial charge in [0.15, 0.2) is 0 Å². The van der Waals surface area contributed by atoms with E-state index in [1.807, 2.05) is 0 Å². The van der Waals surface area contributed by atoms with Crippen LogP contribution in [0.5, 0.6) is 0 Å². The summed E-state index contributed by atoms with van der Waals surface area (Å²) in [5, 5.41) is 7.38. The summed E-state index contributed by atoms with van der Waals surface area (Å²) in [5.41, 5.74) is 0. The molecule has 0 radical (unpaired) electrons. The number of hydrogen-bond donors (Lipinski definition) is 0. The molecule has 1 aromatic heterocycles. The van der Waals surface area contributed by atoms with Crippen LogP contribution in [0.2, 0.25) is 0 Å². The van der Waals surface area contributed by atoms with Crippen molar-refractivity contribution >= 4 is 17.7 Å². The van der Waals surface area contributed by atoms with Crippen LogP contribution in [0, 0.1) is 12.3 Å². The molecule has 0 aliphatic rings. The number of hydrogen-bond acceptors (Lipinski definition) is 6. The summed E-state index contributed by atoms with van der Waals surface area (Å²) in [4.78, 5) is 11.1. The second kappa shape index (κ2) is 5.29. The van der Waals surface area contributed by atoms with Crippen LogP contribution in [0.3, 0.4) is 0 Å². The molecule has 74 valence electrons. The topological polar surface area (TPSA) is 65.2 Å². The largest absolute Gasteiger partial charge is 0.459 e. The van der Waals surface area contributed by atoms with Crippen molar-refractivity contribution in [2.24, 2.45) is 0 Å². The van der Waals surface area contributed by atoms with Crippen molar-refractivity contribution in [3.8, 4) is 12.3 Å². The van der Waals surface area contributed by atoms with Crippen molar-refractivity contribution in [1.29, 1.82) is 0 Å². The zero-order valence-corrected chi connectivity index (χ0v) is 8.34. The lowest BCUT2D eigenvalue weighted by Crippen LogP contribution is -2.04. The molecule has 1 aromatic rings. The van der Waals surface area contributed by atoms with Gasteiger partial charge in [0.05, 0.1) is 12.4 Å². The molecule has 0 saturated heterocycles. The Morgan fingerprint density at radius 3 is 3.14 bits per heavy atom. The van der Waals surface area contributed by atoms with Gasteiger partial charge in [-0.1, -0.05) is 22.8 Å². The summed E-state index contributed by atoms with van der Waals surface area (Å²) in [5.74, 6) is 2.06. The molecule has 5 nitrogen and oxygen atoms in total. The van der Waals surface area contributed by atoms with Crippen LogP contribution in [0.25, 0.3) is 0 Å².